The van der Waals surface area contributed by atoms with Crippen molar-refractivity contribution in [2.45, 2.75) is 39.5 Å². The Labute approximate surface area is 177 Å². The van der Waals surface area contributed by atoms with Gasteiger partial charge in [-0.1, -0.05) is 32.9 Å². The van der Waals surface area contributed by atoms with E-state index in [0.29, 0.717) is 29.5 Å². The van der Waals surface area contributed by atoms with Gasteiger partial charge < -0.3 is 20.7 Å². The molecular formula is C22H27N3O3S. The molecule has 0 saturated heterocycles. The third-order valence-corrected chi connectivity index (χ3v) is 4.64. The number of benzene rings is 2. The zero-order valence-corrected chi connectivity index (χ0v) is 17.8. The summed E-state index contributed by atoms with van der Waals surface area (Å²) in [4.78, 5) is 23.4. The van der Waals surface area contributed by atoms with Gasteiger partial charge >= 0.3 is 0 Å². The maximum Gasteiger partial charge on any atom is 0.262 e. The lowest BCUT2D eigenvalue weighted by Crippen LogP contribution is -2.33. The summed E-state index contributed by atoms with van der Waals surface area (Å²) in [7, 11) is 0. The maximum atomic E-state index is 12.1. The van der Waals surface area contributed by atoms with Crippen LogP contribution >= 0.6 is 12.2 Å². The second-order valence-electron chi connectivity index (χ2n) is 6.65. The van der Waals surface area contributed by atoms with E-state index >= 15 is 0 Å². The first kappa shape index (κ1) is 22.4. The van der Waals surface area contributed by atoms with Crippen LogP contribution in [0.2, 0.25) is 0 Å². The van der Waals surface area contributed by atoms with E-state index in [4.69, 9.17) is 17.0 Å². The summed E-state index contributed by atoms with van der Waals surface area (Å²) in [5, 5.41) is 8.49. The molecule has 154 valence electrons. The summed E-state index contributed by atoms with van der Waals surface area (Å²) in [5.74, 6) is 0.764. The Morgan fingerprint density at radius 1 is 0.931 bits per heavy atom. The molecule has 0 spiro atoms. The van der Waals surface area contributed by atoms with Crippen molar-refractivity contribution in [1.29, 1.82) is 0 Å². The minimum atomic E-state index is -0.248. The van der Waals surface area contributed by atoms with Crippen LogP contribution in [0.1, 0.15) is 45.1 Å². The fraction of sp³-hybridized carbons (Fsp3) is 0.318. The number of ether oxygens (including phenoxy) is 1. The van der Waals surface area contributed by atoms with Gasteiger partial charge in [-0.15, -0.1) is 0 Å². The first-order valence-electron chi connectivity index (χ1n) is 9.64. The number of amides is 2. The molecule has 6 nitrogen and oxygen atoms in total. The van der Waals surface area contributed by atoms with E-state index in [1.807, 2.05) is 24.3 Å². The summed E-state index contributed by atoms with van der Waals surface area (Å²) in [6.45, 7) is 6.01. The van der Waals surface area contributed by atoms with Crippen LogP contribution in [0.3, 0.4) is 0 Å². The Balaban J connectivity index is 1.80. The summed E-state index contributed by atoms with van der Waals surface area (Å²) >= 11 is 5.06. The molecule has 0 aliphatic heterocycles. The monoisotopic (exact) mass is 413 g/mol. The van der Waals surface area contributed by atoms with Crippen LogP contribution in [0.25, 0.3) is 0 Å². The number of hydrogen-bond acceptors (Lipinski definition) is 4. The lowest BCUT2D eigenvalue weighted by molar-refractivity contribution is -0.119. The van der Waals surface area contributed by atoms with E-state index in [2.05, 4.69) is 29.8 Å². The SMILES string of the molecule is CCC(=O)NC(=S)Nc1ccc(NC(=O)COc2ccc(C(C)CC)cc2)cc1. The highest BCUT2D eigenvalue weighted by Crippen LogP contribution is 2.21. The van der Waals surface area contributed by atoms with Crippen LogP contribution in [0.4, 0.5) is 11.4 Å². The van der Waals surface area contributed by atoms with Crippen molar-refractivity contribution < 1.29 is 14.3 Å². The van der Waals surface area contributed by atoms with Crippen molar-refractivity contribution in [3.63, 3.8) is 0 Å². The minimum Gasteiger partial charge on any atom is -0.484 e. The molecule has 2 rings (SSSR count). The number of anilines is 2. The van der Waals surface area contributed by atoms with E-state index in [0.717, 1.165) is 6.42 Å². The molecule has 2 aromatic rings. The fourth-order valence-electron chi connectivity index (χ4n) is 2.49. The molecule has 7 heteroatoms. The normalized spacial score (nSPS) is 11.3. The summed E-state index contributed by atoms with van der Waals surface area (Å²) < 4.78 is 5.55. The predicted molar refractivity (Wildman–Crippen MR) is 120 cm³/mol. The standard InChI is InChI=1S/C22H27N3O3S/c1-4-15(3)16-6-12-19(13-7-16)28-14-21(27)23-17-8-10-18(11-9-17)24-22(29)25-20(26)5-2/h6-13,15H,4-5,14H2,1-3H3,(H,23,27)(H2,24,25,26,29). The molecule has 0 saturated carbocycles. The Hall–Kier alpha value is -2.93. The van der Waals surface area contributed by atoms with Crippen molar-refractivity contribution in [2.24, 2.45) is 0 Å². The van der Waals surface area contributed by atoms with Gasteiger partial charge in [-0.25, -0.2) is 0 Å². The highest BCUT2D eigenvalue weighted by atomic mass is 32.1. The first-order valence-corrected chi connectivity index (χ1v) is 10.1. The molecule has 1 unspecified atom stereocenters. The molecule has 1 atom stereocenters. The molecule has 29 heavy (non-hydrogen) atoms. The van der Waals surface area contributed by atoms with E-state index in [1.165, 1.54) is 5.56 Å². The second-order valence-corrected chi connectivity index (χ2v) is 7.06. The van der Waals surface area contributed by atoms with Gasteiger partial charge in [-0.05, 0) is 66.5 Å². The van der Waals surface area contributed by atoms with Gasteiger partial charge in [-0.2, -0.15) is 0 Å². The van der Waals surface area contributed by atoms with Crippen LogP contribution in [-0.2, 0) is 9.59 Å². The van der Waals surface area contributed by atoms with Crippen LogP contribution < -0.4 is 20.7 Å². The average molecular weight is 414 g/mol. The van der Waals surface area contributed by atoms with Gasteiger partial charge in [0.25, 0.3) is 5.91 Å². The topological polar surface area (TPSA) is 79.5 Å². The number of hydrogen-bond donors (Lipinski definition) is 3. The number of carbonyl (C=O) groups is 2. The lowest BCUT2D eigenvalue weighted by Gasteiger charge is -2.12. The van der Waals surface area contributed by atoms with Crippen molar-refractivity contribution in [3.05, 3.63) is 54.1 Å². The zero-order valence-electron chi connectivity index (χ0n) is 17.0. The Bertz CT molecular complexity index is 835. The van der Waals surface area contributed by atoms with Crippen LogP contribution in [0.15, 0.2) is 48.5 Å². The largest absolute Gasteiger partial charge is 0.484 e. The molecule has 0 aromatic heterocycles. The molecule has 0 fully saturated rings. The molecule has 0 heterocycles. The minimum absolute atomic E-state index is 0.0736. The molecule has 0 aliphatic rings. The Morgan fingerprint density at radius 3 is 2.07 bits per heavy atom. The van der Waals surface area contributed by atoms with Crippen molar-refractivity contribution in [1.82, 2.24) is 5.32 Å². The molecule has 2 aromatic carbocycles. The van der Waals surface area contributed by atoms with E-state index in [1.54, 1.807) is 31.2 Å². The van der Waals surface area contributed by atoms with Crippen LogP contribution in [0.5, 0.6) is 5.75 Å². The van der Waals surface area contributed by atoms with E-state index < -0.39 is 0 Å². The highest BCUT2D eigenvalue weighted by molar-refractivity contribution is 7.80. The lowest BCUT2D eigenvalue weighted by atomic mass is 9.99. The van der Waals surface area contributed by atoms with Crippen molar-refractivity contribution in [3.8, 4) is 5.75 Å². The summed E-state index contributed by atoms with van der Waals surface area (Å²) in [5.41, 5.74) is 2.61. The van der Waals surface area contributed by atoms with Gasteiger partial charge in [0.2, 0.25) is 5.91 Å². The van der Waals surface area contributed by atoms with Crippen molar-refractivity contribution >= 4 is 40.5 Å². The molecule has 3 N–H and O–H groups in total. The Kier molecular flexibility index (Phi) is 8.61. The molecular weight excluding hydrogens is 386 g/mol. The van der Waals surface area contributed by atoms with Gasteiger partial charge in [0.1, 0.15) is 5.75 Å². The number of carbonyl (C=O) groups excluding carboxylic acids is 2. The van der Waals surface area contributed by atoms with Gasteiger partial charge in [-0.3, -0.25) is 9.59 Å². The van der Waals surface area contributed by atoms with Gasteiger partial charge in [0.15, 0.2) is 11.7 Å². The van der Waals surface area contributed by atoms with Crippen LogP contribution in [-0.4, -0.2) is 23.5 Å². The van der Waals surface area contributed by atoms with Gasteiger partial charge in [0, 0.05) is 17.8 Å². The van der Waals surface area contributed by atoms with Crippen molar-refractivity contribution in [2.75, 3.05) is 17.2 Å². The summed E-state index contributed by atoms with van der Waals surface area (Å²) in [6, 6.07) is 14.8. The zero-order chi connectivity index (χ0) is 21.2. The Morgan fingerprint density at radius 2 is 1.52 bits per heavy atom. The molecule has 2 amide bonds. The smallest absolute Gasteiger partial charge is 0.262 e. The number of thiocarbonyl (C=S) groups is 1. The molecule has 0 aliphatic carbocycles. The quantitative estimate of drug-likeness (QED) is 0.558. The third kappa shape index (κ3) is 7.54. The molecule has 0 bridgehead atoms. The molecule has 0 radical (unpaired) electrons. The second kappa shape index (κ2) is 11.2. The fourth-order valence-corrected chi connectivity index (χ4v) is 2.72. The third-order valence-electron chi connectivity index (χ3n) is 4.43. The average Bonchev–Trinajstić information content (AvgIpc) is 2.73. The van der Waals surface area contributed by atoms with E-state index in [-0.39, 0.29) is 23.5 Å². The maximum absolute atomic E-state index is 12.1. The van der Waals surface area contributed by atoms with E-state index in [9.17, 15) is 9.59 Å². The van der Waals surface area contributed by atoms with Crippen LogP contribution in [0, 0.1) is 0 Å². The number of nitrogens with one attached hydrogen (secondary N) is 3. The highest BCUT2D eigenvalue weighted by Gasteiger charge is 2.07. The first-order chi connectivity index (χ1) is 13.9. The predicted octanol–water partition coefficient (Wildman–Crippen LogP) is 4.44. The number of rotatable bonds is 8. The van der Waals surface area contributed by atoms with Gasteiger partial charge in [0.05, 0.1) is 0 Å². The summed E-state index contributed by atoms with van der Waals surface area (Å²) in [6.07, 6.45) is 1.44.